The molecule has 1 N–H and O–H groups in total. The van der Waals surface area contributed by atoms with Gasteiger partial charge in [0.05, 0.1) is 10.6 Å². The predicted molar refractivity (Wildman–Crippen MR) is 68.8 cm³/mol. The molecule has 1 aliphatic carbocycles. The van der Waals surface area contributed by atoms with Crippen LogP contribution >= 0.6 is 27.5 Å². The molecule has 1 aromatic rings. The van der Waals surface area contributed by atoms with Gasteiger partial charge in [-0.15, -0.1) is 0 Å². The fourth-order valence-corrected chi connectivity index (χ4v) is 2.27. The van der Waals surface area contributed by atoms with Crippen molar-refractivity contribution in [2.45, 2.75) is 19.3 Å². The standard InChI is InChI=1S/C12H13BrClNO/c13-9-4-5-11(14)10(6-9)12(16)15-7-8-2-1-3-8/h4-6,8H,1-3,7H2,(H,15,16). The van der Waals surface area contributed by atoms with E-state index in [-0.39, 0.29) is 5.91 Å². The van der Waals surface area contributed by atoms with Crippen molar-refractivity contribution in [1.29, 1.82) is 0 Å². The lowest BCUT2D eigenvalue weighted by Crippen LogP contribution is -2.32. The SMILES string of the molecule is O=C(NCC1CCC1)c1cc(Br)ccc1Cl. The summed E-state index contributed by atoms with van der Waals surface area (Å²) in [7, 11) is 0. The van der Waals surface area contributed by atoms with Crippen molar-refractivity contribution < 1.29 is 4.79 Å². The molecule has 1 amide bonds. The van der Waals surface area contributed by atoms with Gasteiger partial charge in [0.1, 0.15) is 0 Å². The minimum Gasteiger partial charge on any atom is -0.352 e. The molecule has 0 spiro atoms. The molecule has 1 saturated carbocycles. The van der Waals surface area contributed by atoms with Gasteiger partial charge in [0, 0.05) is 11.0 Å². The van der Waals surface area contributed by atoms with E-state index in [0.717, 1.165) is 11.0 Å². The Morgan fingerprint density at radius 3 is 2.88 bits per heavy atom. The molecule has 1 aromatic carbocycles. The topological polar surface area (TPSA) is 29.1 Å². The first-order chi connectivity index (χ1) is 7.66. The first-order valence-corrected chi connectivity index (χ1v) is 6.57. The molecule has 1 fully saturated rings. The van der Waals surface area contributed by atoms with Crippen molar-refractivity contribution in [1.82, 2.24) is 5.32 Å². The number of halogens is 2. The monoisotopic (exact) mass is 301 g/mol. The van der Waals surface area contributed by atoms with Crippen LogP contribution < -0.4 is 5.32 Å². The number of benzene rings is 1. The van der Waals surface area contributed by atoms with Gasteiger partial charge in [0.25, 0.3) is 5.91 Å². The highest BCUT2D eigenvalue weighted by atomic mass is 79.9. The van der Waals surface area contributed by atoms with Crippen LogP contribution in [0.3, 0.4) is 0 Å². The van der Waals surface area contributed by atoms with Gasteiger partial charge in [0.15, 0.2) is 0 Å². The van der Waals surface area contributed by atoms with Crippen LogP contribution in [0.25, 0.3) is 0 Å². The van der Waals surface area contributed by atoms with E-state index < -0.39 is 0 Å². The van der Waals surface area contributed by atoms with Gasteiger partial charge in [-0.25, -0.2) is 0 Å². The molecule has 4 heteroatoms. The third-order valence-electron chi connectivity index (χ3n) is 2.95. The number of amides is 1. The second-order valence-electron chi connectivity index (χ2n) is 4.13. The van der Waals surface area contributed by atoms with Crippen LogP contribution in [0, 0.1) is 5.92 Å². The fourth-order valence-electron chi connectivity index (χ4n) is 1.70. The third-order valence-corrected chi connectivity index (χ3v) is 3.77. The number of hydrogen-bond acceptors (Lipinski definition) is 1. The summed E-state index contributed by atoms with van der Waals surface area (Å²) in [5, 5.41) is 3.42. The molecule has 0 radical (unpaired) electrons. The van der Waals surface area contributed by atoms with Crippen molar-refractivity contribution in [3.63, 3.8) is 0 Å². The molecule has 0 atom stereocenters. The van der Waals surface area contributed by atoms with Crippen LogP contribution in [-0.2, 0) is 0 Å². The molecule has 16 heavy (non-hydrogen) atoms. The molecule has 0 saturated heterocycles. The summed E-state index contributed by atoms with van der Waals surface area (Å²) < 4.78 is 0.866. The molecule has 0 aliphatic heterocycles. The van der Waals surface area contributed by atoms with Crippen molar-refractivity contribution in [3.05, 3.63) is 33.3 Å². The summed E-state index contributed by atoms with van der Waals surface area (Å²) in [6.45, 7) is 0.766. The molecule has 1 aliphatic rings. The van der Waals surface area contributed by atoms with Crippen LogP contribution in [0.5, 0.6) is 0 Å². The van der Waals surface area contributed by atoms with Crippen molar-refractivity contribution in [2.24, 2.45) is 5.92 Å². The average molecular weight is 303 g/mol. The zero-order chi connectivity index (χ0) is 11.5. The second kappa shape index (κ2) is 5.19. The summed E-state index contributed by atoms with van der Waals surface area (Å²) in [6, 6.07) is 5.30. The maximum Gasteiger partial charge on any atom is 0.252 e. The van der Waals surface area contributed by atoms with Crippen LogP contribution in [-0.4, -0.2) is 12.5 Å². The molecule has 0 unspecified atom stereocenters. The summed E-state index contributed by atoms with van der Waals surface area (Å²) in [5.74, 6) is 0.577. The minimum atomic E-state index is -0.0850. The van der Waals surface area contributed by atoms with Gasteiger partial charge in [-0.3, -0.25) is 4.79 Å². The van der Waals surface area contributed by atoms with E-state index in [9.17, 15) is 4.79 Å². The molecule has 2 nitrogen and oxygen atoms in total. The van der Waals surface area contributed by atoms with Crippen molar-refractivity contribution >= 4 is 33.4 Å². The summed E-state index contributed by atoms with van der Waals surface area (Å²) >= 11 is 9.30. The number of rotatable bonds is 3. The molecule has 2 rings (SSSR count). The predicted octanol–water partition coefficient (Wildman–Crippen LogP) is 3.63. The highest BCUT2D eigenvalue weighted by Crippen LogP contribution is 2.26. The van der Waals surface area contributed by atoms with Crippen LogP contribution in [0.2, 0.25) is 5.02 Å². The Kier molecular flexibility index (Phi) is 3.87. The normalized spacial score (nSPS) is 15.6. The van der Waals surface area contributed by atoms with Gasteiger partial charge in [-0.1, -0.05) is 34.0 Å². The first kappa shape index (κ1) is 11.9. The number of carbonyl (C=O) groups is 1. The van der Waals surface area contributed by atoms with Crippen LogP contribution in [0.4, 0.5) is 0 Å². The molecule has 0 heterocycles. The number of nitrogens with one attached hydrogen (secondary N) is 1. The molecule has 0 bridgehead atoms. The van der Waals surface area contributed by atoms with Gasteiger partial charge in [-0.2, -0.15) is 0 Å². The fraction of sp³-hybridized carbons (Fsp3) is 0.417. The Bertz CT molecular complexity index is 404. The third kappa shape index (κ3) is 2.77. The van der Waals surface area contributed by atoms with Crippen LogP contribution in [0.15, 0.2) is 22.7 Å². The van der Waals surface area contributed by atoms with Gasteiger partial charge < -0.3 is 5.32 Å². The maximum atomic E-state index is 11.8. The second-order valence-corrected chi connectivity index (χ2v) is 5.45. The molecular formula is C12H13BrClNO. The lowest BCUT2D eigenvalue weighted by molar-refractivity contribution is 0.0939. The lowest BCUT2D eigenvalue weighted by atomic mass is 9.85. The smallest absolute Gasteiger partial charge is 0.252 e. The first-order valence-electron chi connectivity index (χ1n) is 5.40. The highest BCUT2D eigenvalue weighted by Gasteiger charge is 2.19. The number of carbonyl (C=O) groups excluding carboxylic acids is 1. The average Bonchev–Trinajstić information content (AvgIpc) is 2.19. The highest BCUT2D eigenvalue weighted by molar-refractivity contribution is 9.10. The maximum absolute atomic E-state index is 11.8. The molecule has 86 valence electrons. The summed E-state index contributed by atoms with van der Waals surface area (Å²) in [6.07, 6.45) is 3.75. The minimum absolute atomic E-state index is 0.0850. The number of hydrogen-bond donors (Lipinski definition) is 1. The van der Waals surface area contributed by atoms with E-state index in [1.54, 1.807) is 12.1 Å². The Hall–Kier alpha value is -0.540. The van der Waals surface area contributed by atoms with Gasteiger partial charge in [-0.05, 0) is 37.0 Å². The molecular weight excluding hydrogens is 289 g/mol. The Labute approximate surface area is 108 Å². The van der Waals surface area contributed by atoms with E-state index in [1.165, 1.54) is 19.3 Å². The Morgan fingerprint density at radius 1 is 1.50 bits per heavy atom. The lowest BCUT2D eigenvalue weighted by Gasteiger charge is -2.25. The largest absolute Gasteiger partial charge is 0.352 e. The molecule has 0 aromatic heterocycles. The Morgan fingerprint density at radius 2 is 2.25 bits per heavy atom. The zero-order valence-electron chi connectivity index (χ0n) is 8.80. The van der Waals surface area contributed by atoms with E-state index in [4.69, 9.17) is 11.6 Å². The van der Waals surface area contributed by atoms with E-state index in [0.29, 0.717) is 16.5 Å². The van der Waals surface area contributed by atoms with E-state index in [2.05, 4.69) is 21.2 Å². The van der Waals surface area contributed by atoms with E-state index >= 15 is 0 Å². The summed E-state index contributed by atoms with van der Waals surface area (Å²) in [5.41, 5.74) is 0.537. The zero-order valence-corrected chi connectivity index (χ0v) is 11.1. The van der Waals surface area contributed by atoms with Gasteiger partial charge >= 0.3 is 0 Å². The van der Waals surface area contributed by atoms with Crippen molar-refractivity contribution in [2.75, 3.05) is 6.54 Å². The quantitative estimate of drug-likeness (QED) is 0.907. The Balaban J connectivity index is 1.99. The van der Waals surface area contributed by atoms with Gasteiger partial charge in [0.2, 0.25) is 0 Å². The van der Waals surface area contributed by atoms with E-state index in [1.807, 2.05) is 6.07 Å². The summed E-state index contributed by atoms with van der Waals surface area (Å²) in [4.78, 5) is 11.8. The van der Waals surface area contributed by atoms with Crippen molar-refractivity contribution in [3.8, 4) is 0 Å². The van der Waals surface area contributed by atoms with Crippen LogP contribution in [0.1, 0.15) is 29.6 Å².